The van der Waals surface area contributed by atoms with E-state index in [0.29, 0.717) is 19.8 Å². The first kappa shape index (κ1) is 23.1. The summed E-state index contributed by atoms with van der Waals surface area (Å²) < 4.78 is 28.6. The SMILES string of the molecule is COc1ccc(COc2cc(COC3=CCNC=C3)cc(OCc3ccc(OC)cc3)c2)cc1. The van der Waals surface area contributed by atoms with Crippen LogP contribution in [0.2, 0.25) is 0 Å². The number of dihydropyridines is 1. The van der Waals surface area contributed by atoms with Crippen molar-refractivity contribution >= 4 is 0 Å². The molecule has 0 unspecified atom stereocenters. The normalized spacial score (nSPS) is 12.4. The lowest BCUT2D eigenvalue weighted by Gasteiger charge is -2.15. The van der Waals surface area contributed by atoms with Gasteiger partial charge in [0.25, 0.3) is 0 Å². The van der Waals surface area contributed by atoms with Gasteiger partial charge in [0.1, 0.15) is 48.6 Å². The number of rotatable bonds is 11. The fraction of sp³-hybridized carbons (Fsp3) is 0.214. The van der Waals surface area contributed by atoms with E-state index in [-0.39, 0.29) is 0 Å². The second kappa shape index (κ2) is 11.7. The minimum atomic E-state index is 0.412. The molecule has 0 atom stereocenters. The van der Waals surface area contributed by atoms with Crippen LogP contribution in [-0.2, 0) is 24.6 Å². The second-order valence-electron chi connectivity index (χ2n) is 7.72. The van der Waals surface area contributed by atoms with Crippen molar-refractivity contribution in [2.75, 3.05) is 20.8 Å². The van der Waals surface area contributed by atoms with Crippen molar-refractivity contribution < 1.29 is 23.7 Å². The van der Waals surface area contributed by atoms with E-state index in [2.05, 4.69) is 5.32 Å². The number of benzene rings is 3. The lowest BCUT2D eigenvalue weighted by molar-refractivity contribution is 0.207. The van der Waals surface area contributed by atoms with Crippen LogP contribution in [0.5, 0.6) is 23.0 Å². The molecule has 0 radical (unpaired) electrons. The molecule has 34 heavy (non-hydrogen) atoms. The second-order valence-corrected chi connectivity index (χ2v) is 7.72. The van der Waals surface area contributed by atoms with Crippen LogP contribution in [0.3, 0.4) is 0 Å². The summed E-state index contributed by atoms with van der Waals surface area (Å²) in [5, 5.41) is 3.12. The Morgan fingerprint density at radius 2 is 1.15 bits per heavy atom. The summed E-state index contributed by atoms with van der Waals surface area (Å²) in [6.45, 7) is 2.04. The minimum absolute atomic E-state index is 0.412. The lowest BCUT2D eigenvalue weighted by Crippen LogP contribution is -2.09. The van der Waals surface area contributed by atoms with Gasteiger partial charge in [-0.05, 0) is 65.2 Å². The molecule has 6 nitrogen and oxygen atoms in total. The molecular formula is C28H29NO5. The van der Waals surface area contributed by atoms with Crippen LogP contribution in [0.15, 0.2) is 90.8 Å². The first-order valence-corrected chi connectivity index (χ1v) is 11.1. The van der Waals surface area contributed by atoms with Gasteiger partial charge in [0, 0.05) is 18.8 Å². The zero-order valence-electron chi connectivity index (χ0n) is 19.5. The van der Waals surface area contributed by atoms with E-state index in [9.17, 15) is 0 Å². The van der Waals surface area contributed by atoms with Gasteiger partial charge in [-0.1, -0.05) is 24.3 Å². The summed E-state index contributed by atoms with van der Waals surface area (Å²) in [4.78, 5) is 0. The largest absolute Gasteiger partial charge is 0.497 e. The predicted molar refractivity (Wildman–Crippen MR) is 131 cm³/mol. The van der Waals surface area contributed by atoms with Crippen LogP contribution in [0.1, 0.15) is 16.7 Å². The van der Waals surface area contributed by atoms with Gasteiger partial charge in [-0.25, -0.2) is 0 Å². The minimum Gasteiger partial charge on any atom is -0.497 e. The van der Waals surface area contributed by atoms with Gasteiger partial charge in [-0.15, -0.1) is 0 Å². The highest BCUT2D eigenvalue weighted by Gasteiger charge is 2.07. The molecule has 1 N–H and O–H groups in total. The van der Waals surface area contributed by atoms with Crippen molar-refractivity contribution in [2.45, 2.75) is 19.8 Å². The van der Waals surface area contributed by atoms with E-state index in [4.69, 9.17) is 23.7 Å². The number of ether oxygens (including phenoxy) is 5. The molecule has 1 aliphatic rings. The molecule has 0 saturated heterocycles. The highest BCUT2D eigenvalue weighted by molar-refractivity contribution is 5.39. The number of allylic oxidation sites excluding steroid dienone is 1. The molecule has 0 spiro atoms. The average Bonchev–Trinajstić information content (AvgIpc) is 2.90. The first-order chi connectivity index (χ1) is 16.7. The molecule has 0 amide bonds. The third-order valence-corrected chi connectivity index (χ3v) is 5.26. The van der Waals surface area contributed by atoms with Crippen LogP contribution in [0.25, 0.3) is 0 Å². The summed E-state index contributed by atoms with van der Waals surface area (Å²) in [5.41, 5.74) is 3.06. The monoisotopic (exact) mass is 459 g/mol. The Bertz CT molecular complexity index is 1050. The third-order valence-electron chi connectivity index (χ3n) is 5.26. The van der Waals surface area contributed by atoms with E-state index in [1.54, 1.807) is 14.2 Å². The Balaban J connectivity index is 1.45. The quantitative estimate of drug-likeness (QED) is 0.416. The molecule has 0 aliphatic carbocycles. The van der Waals surface area contributed by atoms with Crippen LogP contribution < -0.4 is 24.3 Å². The maximum Gasteiger partial charge on any atom is 0.123 e. The number of nitrogens with one attached hydrogen (secondary N) is 1. The maximum atomic E-state index is 6.09. The molecule has 0 saturated carbocycles. The Labute approximate surface area is 200 Å². The van der Waals surface area contributed by atoms with Gasteiger partial charge < -0.3 is 29.0 Å². The zero-order valence-corrected chi connectivity index (χ0v) is 19.5. The smallest absolute Gasteiger partial charge is 0.123 e. The molecule has 0 bridgehead atoms. The Morgan fingerprint density at radius 1 is 0.618 bits per heavy atom. The van der Waals surface area contributed by atoms with Gasteiger partial charge in [-0.3, -0.25) is 0 Å². The summed E-state index contributed by atoms with van der Waals surface area (Å²) in [6.07, 6.45) is 5.80. The van der Waals surface area contributed by atoms with Gasteiger partial charge >= 0.3 is 0 Å². The van der Waals surface area contributed by atoms with Crippen molar-refractivity contribution in [1.82, 2.24) is 5.32 Å². The van der Waals surface area contributed by atoms with Gasteiger partial charge in [0.15, 0.2) is 0 Å². The summed E-state index contributed by atoms with van der Waals surface area (Å²) in [7, 11) is 3.31. The van der Waals surface area contributed by atoms with E-state index < -0.39 is 0 Å². The lowest BCUT2D eigenvalue weighted by atomic mass is 10.2. The van der Waals surface area contributed by atoms with Crippen LogP contribution in [0.4, 0.5) is 0 Å². The number of hydrogen-bond acceptors (Lipinski definition) is 6. The van der Waals surface area contributed by atoms with Crippen molar-refractivity contribution in [2.24, 2.45) is 0 Å². The van der Waals surface area contributed by atoms with Crippen LogP contribution in [-0.4, -0.2) is 20.8 Å². The van der Waals surface area contributed by atoms with Gasteiger partial charge in [0.2, 0.25) is 0 Å². The van der Waals surface area contributed by atoms with Gasteiger partial charge in [-0.2, -0.15) is 0 Å². The topological polar surface area (TPSA) is 58.2 Å². The molecule has 6 heteroatoms. The Hall–Kier alpha value is -4.06. The zero-order chi connectivity index (χ0) is 23.6. The Kier molecular flexibility index (Phi) is 7.95. The highest BCUT2D eigenvalue weighted by atomic mass is 16.5. The predicted octanol–water partition coefficient (Wildman–Crippen LogP) is 5.38. The summed E-state index contributed by atoms with van der Waals surface area (Å²) in [5.74, 6) is 3.91. The molecule has 3 aromatic rings. The van der Waals surface area contributed by atoms with Crippen molar-refractivity contribution in [3.05, 3.63) is 108 Å². The van der Waals surface area contributed by atoms with E-state index in [0.717, 1.165) is 52.0 Å². The first-order valence-electron chi connectivity index (χ1n) is 11.1. The van der Waals surface area contributed by atoms with Crippen LogP contribution >= 0.6 is 0 Å². The third kappa shape index (κ3) is 6.72. The Morgan fingerprint density at radius 3 is 1.62 bits per heavy atom. The molecular weight excluding hydrogens is 430 g/mol. The molecule has 176 valence electrons. The number of methoxy groups -OCH3 is 2. The van der Waals surface area contributed by atoms with E-state index in [1.807, 2.05) is 85.1 Å². The van der Waals surface area contributed by atoms with Crippen molar-refractivity contribution in [3.8, 4) is 23.0 Å². The summed E-state index contributed by atoms with van der Waals surface area (Å²) >= 11 is 0. The fourth-order valence-corrected chi connectivity index (χ4v) is 3.37. The molecule has 4 rings (SSSR count). The fourth-order valence-electron chi connectivity index (χ4n) is 3.37. The maximum absolute atomic E-state index is 6.09. The van der Waals surface area contributed by atoms with Gasteiger partial charge in [0.05, 0.1) is 14.2 Å². The molecule has 3 aromatic carbocycles. The molecule has 0 aromatic heterocycles. The average molecular weight is 460 g/mol. The standard InChI is InChI=1S/C28H29NO5/c1-30-24-7-3-21(4-8-24)18-33-27-15-23(20-32-26-11-13-29-14-12-26)16-28(17-27)34-19-22-5-9-25(31-2)10-6-22/h3-13,15-17,29H,14,18-20H2,1-2H3. The van der Waals surface area contributed by atoms with E-state index in [1.165, 1.54) is 0 Å². The molecule has 0 fully saturated rings. The van der Waals surface area contributed by atoms with Crippen molar-refractivity contribution in [3.63, 3.8) is 0 Å². The summed E-state index contributed by atoms with van der Waals surface area (Å²) in [6, 6.07) is 21.5. The molecule has 1 heterocycles. The van der Waals surface area contributed by atoms with Crippen molar-refractivity contribution in [1.29, 1.82) is 0 Å². The van der Waals surface area contributed by atoms with Crippen LogP contribution in [0, 0.1) is 0 Å². The molecule has 1 aliphatic heterocycles. The highest BCUT2D eigenvalue weighted by Crippen LogP contribution is 2.26. The van der Waals surface area contributed by atoms with E-state index >= 15 is 0 Å². The number of hydrogen-bond donors (Lipinski definition) is 1.